The molecule has 0 atom stereocenters. The molecule has 0 fully saturated rings. The van der Waals surface area contributed by atoms with Gasteiger partial charge in [0.15, 0.2) is 0 Å². The van der Waals surface area contributed by atoms with E-state index in [1.54, 1.807) is 0 Å². The summed E-state index contributed by atoms with van der Waals surface area (Å²) in [6.45, 7) is 7.47. The van der Waals surface area contributed by atoms with Gasteiger partial charge in [0.1, 0.15) is 12.3 Å². The molecule has 0 saturated carbocycles. The second-order valence-electron chi connectivity index (χ2n) is 4.99. The lowest BCUT2D eigenvalue weighted by atomic mass is 10.2. The Kier molecular flexibility index (Phi) is 6.74. The summed E-state index contributed by atoms with van der Waals surface area (Å²) in [6, 6.07) is -0.0451. The van der Waals surface area contributed by atoms with Crippen molar-refractivity contribution in [1.29, 1.82) is 0 Å². The van der Waals surface area contributed by atoms with Gasteiger partial charge in [-0.25, -0.2) is 0 Å². The van der Waals surface area contributed by atoms with Crippen LogP contribution in [0.1, 0.15) is 30.9 Å². The molecule has 1 heterocycles. The Morgan fingerprint density at radius 3 is 2.52 bits per heavy atom. The van der Waals surface area contributed by atoms with Crippen LogP contribution in [0, 0.1) is 13.8 Å². The van der Waals surface area contributed by atoms with Crippen LogP contribution in [-0.4, -0.2) is 47.4 Å². The highest BCUT2D eigenvalue weighted by atomic mass is 32.2. The second-order valence-corrected chi connectivity index (χ2v) is 5.97. The van der Waals surface area contributed by atoms with E-state index in [4.69, 9.17) is 4.52 Å². The number of carbonyl (C=O) groups excluding carboxylic acids is 2. The van der Waals surface area contributed by atoms with Crippen LogP contribution in [0.15, 0.2) is 4.52 Å². The summed E-state index contributed by atoms with van der Waals surface area (Å²) in [6.07, 6.45) is 0. The van der Waals surface area contributed by atoms with Crippen LogP contribution in [-0.2, 0) is 20.1 Å². The molecule has 6 nitrogen and oxygen atoms in total. The Bertz CT molecular complexity index is 480. The fourth-order valence-corrected chi connectivity index (χ4v) is 2.85. The lowest BCUT2D eigenvalue weighted by Crippen LogP contribution is -2.42. The molecule has 0 unspecified atom stereocenters. The molecule has 0 bridgehead atoms. The van der Waals surface area contributed by atoms with Crippen molar-refractivity contribution in [1.82, 2.24) is 10.1 Å². The standard InChI is InChI=1S/C14H22N2O4S/c1-9(2)16(6-14(18)19-5)13(17)8-21-7-12-10(3)15-20-11(12)4/h9H,6-8H2,1-5H3. The molecule has 0 aliphatic rings. The normalized spacial score (nSPS) is 10.8. The van der Waals surface area contributed by atoms with Crippen molar-refractivity contribution >= 4 is 23.6 Å². The number of aromatic nitrogens is 1. The molecule has 0 radical (unpaired) electrons. The Balaban J connectivity index is 2.52. The number of hydrogen-bond acceptors (Lipinski definition) is 6. The molecule has 7 heteroatoms. The van der Waals surface area contributed by atoms with Crippen LogP contribution in [0.3, 0.4) is 0 Å². The van der Waals surface area contributed by atoms with Crippen molar-refractivity contribution in [2.45, 2.75) is 39.5 Å². The molecule has 0 aromatic carbocycles. The number of methoxy groups -OCH3 is 1. The van der Waals surface area contributed by atoms with E-state index in [0.717, 1.165) is 17.0 Å². The summed E-state index contributed by atoms with van der Waals surface area (Å²) in [5, 5.41) is 3.88. The van der Waals surface area contributed by atoms with Crippen LogP contribution in [0.25, 0.3) is 0 Å². The topological polar surface area (TPSA) is 72.6 Å². The molecule has 1 aromatic heterocycles. The minimum atomic E-state index is -0.409. The van der Waals surface area contributed by atoms with Crippen molar-refractivity contribution in [3.05, 3.63) is 17.0 Å². The van der Waals surface area contributed by atoms with E-state index in [2.05, 4.69) is 9.89 Å². The van der Waals surface area contributed by atoms with Crippen molar-refractivity contribution in [2.75, 3.05) is 19.4 Å². The summed E-state index contributed by atoms with van der Waals surface area (Å²) in [4.78, 5) is 25.1. The van der Waals surface area contributed by atoms with Crippen molar-refractivity contribution in [3.8, 4) is 0 Å². The highest BCUT2D eigenvalue weighted by Crippen LogP contribution is 2.20. The zero-order chi connectivity index (χ0) is 16.0. The molecule has 0 N–H and O–H groups in total. The van der Waals surface area contributed by atoms with Gasteiger partial charge in [-0.3, -0.25) is 9.59 Å². The van der Waals surface area contributed by atoms with Crippen LogP contribution in [0.2, 0.25) is 0 Å². The van der Waals surface area contributed by atoms with Gasteiger partial charge in [-0.2, -0.15) is 0 Å². The third kappa shape index (κ3) is 5.08. The number of hydrogen-bond donors (Lipinski definition) is 0. The number of nitrogens with zero attached hydrogens (tertiary/aromatic N) is 2. The SMILES string of the molecule is COC(=O)CN(C(=O)CSCc1c(C)noc1C)C(C)C. The molecule has 0 aliphatic heterocycles. The molecular formula is C14H22N2O4S. The molecule has 1 aromatic rings. The van der Waals surface area contributed by atoms with Crippen molar-refractivity contribution in [3.63, 3.8) is 0 Å². The first-order chi connectivity index (χ1) is 9.86. The van der Waals surface area contributed by atoms with Gasteiger partial charge >= 0.3 is 5.97 Å². The first kappa shape index (κ1) is 17.6. The minimum Gasteiger partial charge on any atom is -0.468 e. The molecule has 118 valence electrons. The van der Waals surface area contributed by atoms with E-state index in [1.165, 1.54) is 23.8 Å². The molecule has 0 aliphatic carbocycles. The summed E-state index contributed by atoms with van der Waals surface area (Å²) in [5.74, 6) is 1.26. The van der Waals surface area contributed by atoms with E-state index in [1.807, 2.05) is 27.7 Å². The van der Waals surface area contributed by atoms with Crippen molar-refractivity contribution < 1.29 is 18.8 Å². The van der Waals surface area contributed by atoms with Gasteiger partial charge in [0.05, 0.1) is 18.6 Å². The molecule has 1 rings (SSSR count). The first-order valence-corrected chi connectivity index (χ1v) is 7.88. The van der Waals surface area contributed by atoms with Crippen molar-refractivity contribution in [2.24, 2.45) is 0 Å². The van der Waals surface area contributed by atoms with Gasteiger partial charge < -0.3 is 14.2 Å². The number of rotatable bonds is 7. The average molecular weight is 314 g/mol. The lowest BCUT2D eigenvalue weighted by molar-refractivity contribution is -0.147. The van der Waals surface area contributed by atoms with Crippen LogP contribution >= 0.6 is 11.8 Å². The highest BCUT2D eigenvalue weighted by molar-refractivity contribution is 7.99. The first-order valence-electron chi connectivity index (χ1n) is 6.72. The molecule has 1 amide bonds. The quantitative estimate of drug-likeness (QED) is 0.716. The predicted molar refractivity (Wildman–Crippen MR) is 81.0 cm³/mol. The smallest absolute Gasteiger partial charge is 0.325 e. The van der Waals surface area contributed by atoms with E-state index < -0.39 is 5.97 Å². The largest absolute Gasteiger partial charge is 0.468 e. The summed E-state index contributed by atoms with van der Waals surface area (Å²) >= 11 is 1.48. The highest BCUT2D eigenvalue weighted by Gasteiger charge is 2.20. The Morgan fingerprint density at radius 2 is 2.05 bits per heavy atom. The molecular weight excluding hydrogens is 292 g/mol. The third-order valence-electron chi connectivity index (χ3n) is 3.12. The maximum atomic E-state index is 12.2. The van der Waals surface area contributed by atoms with Gasteiger partial charge in [0.25, 0.3) is 0 Å². The fraction of sp³-hybridized carbons (Fsp3) is 0.643. The Labute approximate surface area is 129 Å². The maximum absolute atomic E-state index is 12.2. The monoisotopic (exact) mass is 314 g/mol. The van der Waals surface area contributed by atoms with E-state index in [-0.39, 0.29) is 18.5 Å². The van der Waals surface area contributed by atoms with Gasteiger partial charge in [0.2, 0.25) is 5.91 Å². The Morgan fingerprint density at radius 1 is 1.38 bits per heavy atom. The zero-order valence-electron chi connectivity index (χ0n) is 13.1. The van der Waals surface area contributed by atoms with Gasteiger partial charge in [-0.05, 0) is 27.7 Å². The number of thioether (sulfide) groups is 1. The fourth-order valence-electron chi connectivity index (χ4n) is 1.79. The second kappa shape index (κ2) is 8.07. The van der Waals surface area contributed by atoms with Gasteiger partial charge in [-0.1, -0.05) is 5.16 Å². The summed E-state index contributed by atoms with van der Waals surface area (Å²) < 4.78 is 9.70. The number of carbonyl (C=O) groups is 2. The molecule has 21 heavy (non-hydrogen) atoms. The number of aryl methyl sites for hydroxylation is 2. The van der Waals surface area contributed by atoms with E-state index >= 15 is 0 Å². The Hall–Kier alpha value is -1.50. The van der Waals surface area contributed by atoms with Gasteiger partial charge in [0, 0.05) is 17.4 Å². The lowest BCUT2D eigenvalue weighted by Gasteiger charge is -2.25. The zero-order valence-corrected chi connectivity index (χ0v) is 14.0. The average Bonchev–Trinajstić information content (AvgIpc) is 2.75. The minimum absolute atomic E-state index is 0.0150. The summed E-state index contributed by atoms with van der Waals surface area (Å²) in [7, 11) is 1.32. The van der Waals surface area contributed by atoms with Crippen LogP contribution in [0.4, 0.5) is 0 Å². The number of ether oxygens (including phenoxy) is 1. The summed E-state index contributed by atoms with van der Waals surface area (Å²) in [5.41, 5.74) is 1.87. The van der Waals surface area contributed by atoms with Crippen LogP contribution in [0.5, 0.6) is 0 Å². The van der Waals surface area contributed by atoms with Crippen LogP contribution < -0.4 is 0 Å². The van der Waals surface area contributed by atoms with E-state index in [9.17, 15) is 9.59 Å². The predicted octanol–water partition coefficient (Wildman–Crippen LogP) is 1.93. The molecule has 0 saturated heterocycles. The van der Waals surface area contributed by atoms with E-state index in [0.29, 0.717) is 11.5 Å². The number of esters is 1. The number of amides is 1. The van der Waals surface area contributed by atoms with Gasteiger partial charge in [-0.15, -0.1) is 11.8 Å². The maximum Gasteiger partial charge on any atom is 0.325 e. The third-order valence-corrected chi connectivity index (χ3v) is 4.07. The molecule has 0 spiro atoms.